The van der Waals surface area contributed by atoms with Gasteiger partial charge in [-0.15, -0.1) is 0 Å². The molecular weight excluding hydrogens is 309 g/mol. The van der Waals surface area contributed by atoms with E-state index in [1.54, 1.807) is 0 Å². The molecule has 0 aromatic rings. The van der Waals surface area contributed by atoms with Gasteiger partial charge in [0.2, 0.25) is 14.4 Å². The van der Waals surface area contributed by atoms with E-state index in [1.165, 1.54) is 0 Å². The van der Waals surface area contributed by atoms with Crippen LogP contribution in [0.4, 0.5) is 4.79 Å². The number of ether oxygens (including phenoxy) is 1. The molecule has 0 unspecified atom stereocenters. The van der Waals surface area contributed by atoms with E-state index in [1.807, 2.05) is 0 Å². The zero-order chi connectivity index (χ0) is 16.2. The van der Waals surface area contributed by atoms with Gasteiger partial charge < -0.3 is 29.8 Å². The first-order valence-electron chi connectivity index (χ1n) is 5.93. The third-order valence-corrected chi connectivity index (χ3v) is 2.91. The van der Waals surface area contributed by atoms with Gasteiger partial charge in [0.1, 0.15) is 18.3 Å². The number of carbonyl (C=O) groups excluding carboxylic acids is 2. The molecule has 0 aliphatic carbocycles. The molecule has 0 radical (unpaired) electrons. The highest BCUT2D eigenvalue weighted by molar-refractivity contribution is 7.42. The third kappa shape index (κ3) is 4.80. The second-order valence-electron chi connectivity index (χ2n) is 4.35. The first kappa shape index (κ1) is 18.1. The summed E-state index contributed by atoms with van der Waals surface area (Å²) in [7, 11) is -2.12. The maximum Gasteiger partial charge on any atom is 0.326 e. The largest absolute Gasteiger partial charge is 0.394 e. The van der Waals surface area contributed by atoms with Crippen LogP contribution in [-0.4, -0.2) is 79.6 Å². The van der Waals surface area contributed by atoms with Crippen molar-refractivity contribution in [2.45, 2.75) is 31.0 Å². The van der Waals surface area contributed by atoms with Crippen LogP contribution in [0.1, 0.15) is 6.42 Å². The van der Waals surface area contributed by atoms with Gasteiger partial charge >= 0.3 is 6.03 Å². The van der Waals surface area contributed by atoms with Crippen LogP contribution in [0.15, 0.2) is 0 Å². The van der Waals surface area contributed by atoms with Gasteiger partial charge in [-0.2, -0.15) is 0 Å². The van der Waals surface area contributed by atoms with Gasteiger partial charge in [-0.25, -0.2) is 4.79 Å². The molecule has 3 amide bonds. The first-order valence-corrected chi connectivity index (χ1v) is 7.25. The summed E-state index contributed by atoms with van der Waals surface area (Å²) in [5.74, 6) is -0.391. The number of hydrogen-bond donors (Lipinski definition) is 7. The fourth-order valence-electron chi connectivity index (χ4n) is 1.96. The molecule has 0 saturated carbocycles. The summed E-state index contributed by atoms with van der Waals surface area (Å²) in [6.07, 6.45) is -4.42. The first-order chi connectivity index (χ1) is 9.77. The zero-order valence-corrected chi connectivity index (χ0v) is 11.8. The molecule has 2 aliphatic heterocycles. The number of carbonyl (C=O) groups is 2. The van der Waals surface area contributed by atoms with Crippen molar-refractivity contribution in [1.82, 2.24) is 10.2 Å². The summed E-state index contributed by atoms with van der Waals surface area (Å²) in [5.41, 5.74) is 4.29. The van der Waals surface area contributed by atoms with Gasteiger partial charge in [-0.3, -0.25) is 20.5 Å². The number of hydrogen-bond acceptors (Lipinski definition) is 9. The van der Waals surface area contributed by atoms with Crippen LogP contribution in [0.5, 0.6) is 0 Å². The topological polar surface area (TPSA) is 186 Å². The molecule has 2 saturated heterocycles. The Morgan fingerprint density at radius 2 is 1.90 bits per heavy atom. The Balaban J connectivity index is 0.000000491. The van der Waals surface area contributed by atoms with Crippen LogP contribution < -0.4 is 10.8 Å². The van der Waals surface area contributed by atoms with E-state index < -0.39 is 51.6 Å². The van der Waals surface area contributed by atoms with Crippen molar-refractivity contribution in [1.29, 1.82) is 0 Å². The molecule has 11 nitrogen and oxygen atoms in total. The highest BCUT2D eigenvalue weighted by Gasteiger charge is 2.47. The SMILES string of the molecule is NP(O)O.O=C1CCN([C@@H]2O[C@H](CO)[C@@H](O)[C@H]2O)C(=O)N1. The molecule has 0 aromatic carbocycles. The van der Waals surface area contributed by atoms with Gasteiger partial charge in [0.15, 0.2) is 6.23 Å². The van der Waals surface area contributed by atoms with Crippen molar-refractivity contribution < 1.29 is 39.4 Å². The molecule has 2 heterocycles. The Labute approximate surface area is 120 Å². The number of nitrogens with zero attached hydrogens (tertiary/aromatic N) is 1. The van der Waals surface area contributed by atoms with Gasteiger partial charge in [0, 0.05) is 13.0 Å². The van der Waals surface area contributed by atoms with E-state index in [9.17, 15) is 19.8 Å². The molecule has 0 spiro atoms. The minimum Gasteiger partial charge on any atom is -0.394 e. The lowest BCUT2D eigenvalue weighted by Gasteiger charge is -2.32. The number of urea groups is 1. The average molecular weight is 327 g/mol. The lowest BCUT2D eigenvalue weighted by Crippen LogP contribution is -2.56. The highest BCUT2D eigenvalue weighted by atomic mass is 31.2. The van der Waals surface area contributed by atoms with Crippen molar-refractivity contribution in [3.63, 3.8) is 0 Å². The number of amides is 3. The lowest BCUT2D eigenvalue weighted by molar-refractivity contribution is -0.125. The molecule has 12 heteroatoms. The van der Waals surface area contributed by atoms with Crippen LogP contribution in [0, 0.1) is 0 Å². The Morgan fingerprint density at radius 3 is 2.33 bits per heavy atom. The van der Waals surface area contributed by atoms with Crippen LogP contribution in [-0.2, 0) is 9.53 Å². The number of nitrogens with two attached hydrogens (primary N) is 1. The summed E-state index contributed by atoms with van der Waals surface area (Å²) in [6, 6.07) is -0.670. The number of rotatable bonds is 2. The molecule has 2 fully saturated rings. The number of nitrogens with one attached hydrogen (secondary N) is 1. The Bertz CT molecular complexity index is 381. The summed E-state index contributed by atoms with van der Waals surface area (Å²) in [5, 5.41) is 30.2. The third-order valence-electron chi connectivity index (χ3n) is 2.91. The molecule has 21 heavy (non-hydrogen) atoms. The lowest BCUT2D eigenvalue weighted by atomic mass is 10.1. The molecule has 8 N–H and O–H groups in total. The standard InChI is InChI=1S/C9H14N2O6.H4NO2P/c12-3-4-6(14)7(15)8(17-4)11-2-1-5(13)10-9(11)16;1-4(2)3/h4,6-8,12,14-15H,1-3H2,(H,10,13,16);2-3H,1H2/t4-,6-,7-,8-;/m1./s1. The smallest absolute Gasteiger partial charge is 0.326 e. The van der Waals surface area contributed by atoms with Crippen molar-refractivity contribution in [2.24, 2.45) is 5.50 Å². The molecule has 4 atom stereocenters. The van der Waals surface area contributed by atoms with Gasteiger partial charge in [-0.05, 0) is 0 Å². The van der Waals surface area contributed by atoms with E-state index in [0.29, 0.717) is 0 Å². The van der Waals surface area contributed by atoms with Crippen molar-refractivity contribution in [2.75, 3.05) is 13.2 Å². The maximum atomic E-state index is 11.5. The van der Waals surface area contributed by atoms with Gasteiger partial charge in [0.25, 0.3) is 0 Å². The second-order valence-corrected chi connectivity index (χ2v) is 4.99. The maximum absolute atomic E-state index is 11.5. The Morgan fingerprint density at radius 1 is 1.33 bits per heavy atom. The molecule has 2 aliphatic rings. The Kier molecular flexibility index (Phi) is 6.84. The fraction of sp³-hybridized carbons (Fsp3) is 0.778. The van der Waals surface area contributed by atoms with Crippen molar-refractivity contribution >= 4 is 20.5 Å². The van der Waals surface area contributed by atoms with Crippen LogP contribution in [0.25, 0.3) is 0 Å². The average Bonchev–Trinajstić information content (AvgIpc) is 2.66. The summed E-state index contributed by atoms with van der Waals surface area (Å²) < 4.78 is 5.18. The monoisotopic (exact) mass is 327 g/mol. The normalized spacial score (nSPS) is 32.8. The quantitative estimate of drug-likeness (QED) is 0.253. The van der Waals surface area contributed by atoms with E-state index in [4.69, 9.17) is 19.6 Å². The Hall–Kier alpha value is -0.910. The van der Waals surface area contributed by atoms with Crippen LogP contribution in [0.2, 0.25) is 0 Å². The zero-order valence-electron chi connectivity index (χ0n) is 10.9. The number of imide groups is 1. The molecule has 0 bridgehead atoms. The number of aliphatic hydroxyl groups is 3. The molecule has 2 rings (SSSR count). The summed E-state index contributed by atoms with van der Waals surface area (Å²) in [6.45, 7) is -0.347. The summed E-state index contributed by atoms with van der Waals surface area (Å²) in [4.78, 5) is 38.5. The van der Waals surface area contributed by atoms with Gasteiger partial charge in [0.05, 0.1) is 6.61 Å². The van der Waals surface area contributed by atoms with Crippen molar-refractivity contribution in [3.05, 3.63) is 0 Å². The molecule has 0 aromatic heterocycles. The second kappa shape index (κ2) is 7.92. The molecular formula is C9H18N3O8P. The minimum atomic E-state index is -2.12. The highest BCUT2D eigenvalue weighted by Crippen LogP contribution is 2.25. The fourth-order valence-corrected chi connectivity index (χ4v) is 1.96. The van der Waals surface area contributed by atoms with E-state index in [0.717, 1.165) is 4.90 Å². The van der Waals surface area contributed by atoms with Crippen LogP contribution >= 0.6 is 8.53 Å². The van der Waals surface area contributed by atoms with Crippen LogP contribution in [0.3, 0.4) is 0 Å². The predicted molar refractivity (Wildman–Crippen MR) is 68.2 cm³/mol. The number of aliphatic hydroxyl groups excluding tert-OH is 3. The van der Waals surface area contributed by atoms with Crippen molar-refractivity contribution in [3.8, 4) is 0 Å². The minimum absolute atomic E-state index is 0.108. The summed E-state index contributed by atoms with van der Waals surface area (Å²) >= 11 is 0. The van der Waals surface area contributed by atoms with E-state index in [2.05, 4.69) is 10.8 Å². The predicted octanol–water partition coefficient (Wildman–Crippen LogP) is -3.48. The van der Waals surface area contributed by atoms with E-state index >= 15 is 0 Å². The molecule has 122 valence electrons. The van der Waals surface area contributed by atoms with Gasteiger partial charge in [-0.1, -0.05) is 0 Å². The van der Waals surface area contributed by atoms with E-state index in [-0.39, 0.29) is 13.0 Å².